The van der Waals surface area contributed by atoms with Gasteiger partial charge in [-0.25, -0.2) is 0 Å². The Morgan fingerprint density at radius 3 is 2.42 bits per heavy atom. The van der Waals surface area contributed by atoms with Crippen LogP contribution in [0.4, 0.5) is 5.69 Å². The molecule has 0 bridgehead atoms. The molecular formula is C20H12Cl2N2O2. The number of carbonyl (C=O) groups is 1. The van der Waals surface area contributed by atoms with Gasteiger partial charge in [0.1, 0.15) is 11.1 Å². The van der Waals surface area contributed by atoms with E-state index >= 15 is 0 Å². The lowest BCUT2D eigenvalue weighted by Crippen LogP contribution is -2.20. The summed E-state index contributed by atoms with van der Waals surface area (Å²) in [7, 11) is 0. The highest BCUT2D eigenvalue weighted by atomic mass is 35.5. The fourth-order valence-electron chi connectivity index (χ4n) is 2.88. The molecule has 3 aromatic carbocycles. The maximum absolute atomic E-state index is 12.7. The zero-order chi connectivity index (χ0) is 18.3. The first kappa shape index (κ1) is 16.6. The second kappa shape index (κ2) is 6.48. The Bertz CT molecular complexity index is 1210. The molecule has 0 aliphatic heterocycles. The van der Waals surface area contributed by atoms with Crippen LogP contribution in [0.1, 0.15) is 10.4 Å². The van der Waals surface area contributed by atoms with Crippen molar-refractivity contribution >= 4 is 56.5 Å². The van der Waals surface area contributed by atoms with Crippen LogP contribution in [0.2, 0.25) is 10.0 Å². The van der Waals surface area contributed by atoms with Gasteiger partial charge in [-0.1, -0.05) is 53.5 Å². The van der Waals surface area contributed by atoms with Crippen molar-refractivity contribution in [2.75, 3.05) is 5.32 Å². The van der Waals surface area contributed by atoms with Crippen LogP contribution in [0.3, 0.4) is 0 Å². The van der Waals surface area contributed by atoms with E-state index in [9.17, 15) is 4.79 Å². The molecule has 1 amide bonds. The molecule has 128 valence electrons. The third-order valence-corrected chi connectivity index (χ3v) is 4.48. The normalized spacial score (nSPS) is 11.0. The summed E-state index contributed by atoms with van der Waals surface area (Å²) in [5.74, 6) is -0.466. The van der Waals surface area contributed by atoms with Crippen LogP contribution in [0.5, 0.6) is 0 Å². The molecule has 0 saturated heterocycles. The van der Waals surface area contributed by atoms with Crippen molar-refractivity contribution in [3.8, 4) is 0 Å². The first-order valence-electron chi connectivity index (χ1n) is 7.79. The summed E-state index contributed by atoms with van der Waals surface area (Å²) >= 11 is 11.9. The summed E-state index contributed by atoms with van der Waals surface area (Å²) in [5, 5.41) is 14.3. The monoisotopic (exact) mass is 382 g/mol. The molecule has 0 unspecified atom stereocenters. The van der Waals surface area contributed by atoms with Crippen LogP contribution in [0.25, 0.3) is 21.7 Å². The number of rotatable bonds is 2. The third kappa shape index (κ3) is 3.05. The molecule has 6 heteroatoms. The van der Waals surface area contributed by atoms with E-state index in [0.717, 1.165) is 16.2 Å². The van der Waals surface area contributed by atoms with Gasteiger partial charge in [-0.3, -0.25) is 10.2 Å². The molecule has 1 heterocycles. The second-order valence-electron chi connectivity index (χ2n) is 5.80. The number of hydrogen-bond donors (Lipinski definition) is 2. The average Bonchev–Trinajstić information content (AvgIpc) is 2.60. The van der Waals surface area contributed by atoms with Gasteiger partial charge >= 0.3 is 0 Å². The van der Waals surface area contributed by atoms with E-state index in [2.05, 4.69) is 5.32 Å². The first-order chi connectivity index (χ1) is 12.5. The average molecular weight is 383 g/mol. The van der Waals surface area contributed by atoms with E-state index in [-0.39, 0.29) is 11.1 Å². The fourth-order valence-corrected chi connectivity index (χ4v) is 3.41. The Kier molecular flexibility index (Phi) is 4.15. The minimum atomic E-state index is -0.466. The number of benzene rings is 3. The topological polar surface area (TPSA) is 66.1 Å². The highest BCUT2D eigenvalue weighted by Crippen LogP contribution is 2.26. The Morgan fingerprint density at radius 1 is 0.923 bits per heavy atom. The van der Waals surface area contributed by atoms with Crippen LogP contribution in [0.15, 0.2) is 65.1 Å². The molecule has 26 heavy (non-hydrogen) atoms. The summed E-state index contributed by atoms with van der Waals surface area (Å²) in [5.41, 5.74) is 0.921. The molecule has 1 aromatic heterocycles. The molecule has 0 aliphatic rings. The highest BCUT2D eigenvalue weighted by molar-refractivity contribution is 6.35. The van der Waals surface area contributed by atoms with Gasteiger partial charge in [0, 0.05) is 21.1 Å². The van der Waals surface area contributed by atoms with Crippen molar-refractivity contribution in [1.29, 1.82) is 5.41 Å². The van der Waals surface area contributed by atoms with Gasteiger partial charge in [0.25, 0.3) is 5.91 Å². The summed E-state index contributed by atoms with van der Waals surface area (Å²) in [6.45, 7) is 0. The molecular weight excluding hydrogens is 371 g/mol. The van der Waals surface area contributed by atoms with Crippen molar-refractivity contribution in [1.82, 2.24) is 0 Å². The van der Waals surface area contributed by atoms with Crippen LogP contribution in [0, 0.1) is 5.41 Å². The van der Waals surface area contributed by atoms with Gasteiger partial charge < -0.3 is 9.73 Å². The number of carbonyl (C=O) groups excluding carboxylic acids is 1. The van der Waals surface area contributed by atoms with Crippen LogP contribution < -0.4 is 10.9 Å². The molecule has 0 spiro atoms. The van der Waals surface area contributed by atoms with Gasteiger partial charge in [-0.05, 0) is 41.1 Å². The van der Waals surface area contributed by atoms with Crippen molar-refractivity contribution in [2.45, 2.75) is 0 Å². The van der Waals surface area contributed by atoms with E-state index in [1.165, 1.54) is 0 Å². The van der Waals surface area contributed by atoms with Gasteiger partial charge in [0.15, 0.2) is 0 Å². The number of anilines is 1. The van der Waals surface area contributed by atoms with E-state index in [0.29, 0.717) is 21.3 Å². The van der Waals surface area contributed by atoms with E-state index < -0.39 is 5.91 Å². The lowest BCUT2D eigenvalue weighted by atomic mass is 10.0. The molecule has 0 fully saturated rings. The zero-order valence-corrected chi connectivity index (χ0v) is 14.9. The van der Waals surface area contributed by atoms with E-state index in [1.807, 2.05) is 30.3 Å². The molecule has 0 saturated carbocycles. The lowest BCUT2D eigenvalue weighted by molar-refractivity contribution is 0.102. The summed E-state index contributed by atoms with van der Waals surface area (Å²) in [4.78, 5) is 12.7. The van der Waals surface area contributed by atoms with Crippen LogP contribution in [-0.4, -0.2) is 5.91 Å². The Balaban J connectivity index is 1.82. The fraction of sp³-hybridized carbons (Fsp3) is 0. The van der Waals surface area contributed by atoms with Crippen LogP contribution in [-0.2, 0) is 0 Å². The summed E-state index contributed by atoms with van der Waals surface area (Å²) in [6, 6.07) is 17.9. The number of nitrogens with one attached hydrogen (secondary N) is 2. The van der Waals surface area contributed by atoms with Gasteiger partial charge in [0.05, 0.1) is 0 Å². The van der Waals surface area contributed by atoms with E-state index in [4.69, 9.17) is 33.0 Å². The highest BCUT2D eigenvalue weighted by Gasteiger charge is 2.14. The molecule has 2 N–H and O–H groups in total. The smallest absolute Gasteiger partial charge is 0.261 e. The molecule has 0 atom stereocenters. The quantitative estimate of drug-likeness (QED) is 0.441. The summed E-state index contributed by atoms with van der Waals surface area (Å²) < 4.78 is 5.56. The summed E-state index contributed by atoms with van der Waals surface area (Å²) in [6.07, 6.45) is 0. The minimum Gasteiger partial charge on any atom is -0.438 e. The van der Waals surface area contributed by atoms with Gasteiger partial charge in [-0.2, -0.15) is 0 Å². The molecule has 0 radical (unpaired) electrons. The maximum Gasteiger partial charge on any atom is 0.261 e. The first-order valence-corrected chi connectivity index (χ1v) is 8.54. The van der Waals surface area contributed by atoms with Crippen molar-refractivity contribution in [3.05, 3.63) is 81.8 Å². The van der Waals surface area contributed by atoms with Gasteiger partial charge in [-0.15, -0.1) is 0 Å². The standard InChI is InChI=1S/C20H12Cl2N2O2/c21-12-7-13(22)9-14(8-12)24-20(25)17-10-16-15-4-2-1-3-11(15)5-6-18(16)26-19(17)23/h1-10,23H,(H,24,25). The van der Waals surface area contributed by atoms with Crippen LogP contribution >= 0.6 is 23.2 Å². The van der Waals surface area contributed by atoms with E-state index in [1.54, 1.807) is 30.3 Å². The number of fused-ring (bicyclic) bond motifs is 3. The maximum atomic E-state index is 12.7. The van der Waals surface area contributed by atoms with Gasteiger partial charge in [0.2, 0.25) is 5.55 Å². The molecule has 4 aromatic rings. The third-order valence-electron chi connectivity index (χ3n) is 4.04. The zero-order valence-electron chi connectivity index (χ0n) is 13.3. The SMILES string of the molecule is N=c1oc2ccc3ccccc3c2cc1C(=O)Nc1cc(Cl)cc(Cl)c1. The Labute approximate surface area is 158 Å². The number of halogens is 2. The van der Waals surface area contributed by atoms with Crippen molar-refractivity contribution in [3.63, 3.8) is 0 Å². The second-order valence-corrected chi connectivity index (χ2v) is 6.67. The predicted molar refractivity (Wildman–Crippen MR) is 104 cm³/mol. The largest absolute Gasteiger partial charge is 0.438 e. The lowest BCUT2D eigenvalue weighted by Gasteiger charge is -2.08. The molecule has 0 aliphatic carbocycles. The van der Waals surface area contributed by atoms with Crippen molar-refractivity contribution < 1.29 is 9.21 Å². The van der Waals surface area contributed by atoms with Crippen molar-refractivity contribution in [2.24, 2.45) is 0 Å². The predicted octanol–water partition coefficient (Wildman–Crippen LogP) is 5.62. The molecule has 4 rings (SSSR count). The Morgan fingerprint density at radius 2 is 1.65 bits per heavy atom. The Hall–Kier alpha value is -2.82. The minimum absolute atomic E-state index is 0.130. The number of hydrogen-bond acceptors (Lipinski definition) is 3. The molecule has 4 nitrogen and oxygen atoms in total. The number of amides is 1.